The lowest BCUT2D eigenvalue weighted by Gasteiger charge is -2.17. The van der Waals surface area contributed by atoms with Gasteiger partial charge in [0.1, 0.15) is 0 Å². The molecule has 1 atom stereocenters. The van der Waals surface area contributed by atoms with Gasteiger partial charge in [-0.05, 0) is 46.0 Å². The maximum atomic E-state index is 9.68. The van der Waals surface area contributed by atoms with Gasteiger partial charge >= 0.3 is 0 Å². The first-order valence-corrected chi connectivity index (χ1v) is 5.66. The van der Waals surface area contributed by atoms with E-state index >= 15 is 0 Å². The predicted molar refractivity (Wildman–Crippen MR) is 58.3 cm³/mol. The molecule has 1 aliphatic carbocycles. The average molecular weight is 198 g/mol. The Morgan fingerprint density at radius 3 is 2.79 bits per heavy atom. The monoisotopic (exact) mass is 198 g/mol. The smallest absolute Gasteiger partial charge is 0.0810 e. The second-order valence-corrected chi connectivity index (χ2v) is 4.35. The number of hydrogen-bond donors (Lipinski definition) is 1. The Kier molecular flexibility index (Phi) is 5.20. The van der Waals surface area contributed by atoms with Crippen LogP contribution in [0.15, 0.2) is 11.6 Å². The molecule has 0 radical (unpaired) electrons. The third-order valence-electron chi connectivity index (χ3n) is 2.50. The fraction of sp³-hybridized carbons (Fsp3) is 0.833. The highest BCUT2D eigenvalue weighted by molar-refractivity contribution is 5.06. The highest BCUT2D eigenvalue weighted by Gasteiger charge is 2.10. The summed E-state index contributed by atoms with van der Waals surface area (Å²) in [5.74, 6) is 0. The first kappa shape index (κ1) is 11.7. The van der Waals surface area contributed by atoms with Crippen molar-refractivity contribution >= 4 is 0 Å². The molecule has 0 fully saturated rings. The number of aliphatic hydroxyl groups is 1. The fourth-order valence-corrected chi connectivity index (χ4v) is 1.76. The molecule has 0 heterocycles. The van der Waals surface area contributed by atoms with Gasteiger partial charge in [0.05, 0.1) is 18.8 Å². The van der Waals surface area contributed by atoms with Gasteiger partial charge in [-0.15, -0.1) is 0 Å². The third-order valence-corrected chi connectivity index (χ3v) is 2.50. The van der Waals surface area contributed by atoms with Gasteiger partial charge < -0.3 is 9.84 Å². The van der Waals surface area contributed by atoms with Gasteiger partial charge in [-0.3, -0.25) is 0 Å². The summed E-state index contributed by atoms with van der Waals surface area (Å²) in [5.41, 5.74) is 1.41. The van der Waals surface area contributed by atoms with Crippen LogP contribution in [0.1, 0.15) is 46.0 Å². The van der Waals surface area contributed by atoms with Crippen molar-refractivity contribution < 1.29 is 9.84 Å². The van der Waals surface area contributed by atoms with Gasteiger partial charge in [-0.1, -0.05) is 11.6 Å². The molecule has 1 aliphatic rings. The molecule has 82 valence electrons. The molecular formula is C12H22O2. The SMILES string of the molecule is CC(C)OCC(O)CC1=CCCCC1. The van der Waals surface area contributed by atoms with Crippen molar-refractivity contribution in [3.8, 4) is 0 Å². The Balaban J connectivity index is 2.18. The molecule has 2 nitrogen and oxygen atoms in total. The summed E-state index contributed by atoms with van der Waals surface area (Å²) in [5, 5.41) is 9.68. The molecule has 0 spiro atoms. The molecule has 0 saturated heterocycles. The van der Waals surface area contributed by atoms with Gasteiger partial charge in [0.2, 0.25) is 0 Å². The maximum Gasteiger partial charge on any atom is 0.0810 e. The number of ether oxygens (including phenoxy) is 1. The van der Waals surface area contributed by atoms with Crippen molar-refractivity contribution in [2.75, 3.05) is 6.61 Å². The van der Waals surface area contributed by atoms with Gasteiger partial charge in [0, 0.05) is 0 Å². The molecule has 14 heavy (non-hydrogen) atoms. The van der Waals surface area contributed by atoms with E-state index in [1.54, 1.807) is 0 Å². The first-order chi connectivity index (χ1) is 6.68. The van der Waals surface area contributed by atoms with E-state index in [9.17, 15) is 5.11 Å². The Morgan fingerprint density at radius 1 is 1.43 bits per heavy atom. The average Bonchev–Trinajstić information content (AvgIpc) is 2.16. The molecule has 1 N–H and O–H groups in total. The molecule has 0 saturated carbocycles. The van der Waals surface area contributed by atoms with Gasteiger partial charge in [0.25, 0.3) is 0 Å². The van der Waals surface area contributed by atoms with Crippen molar-refractivity contribution in [2.45, 2.75) is 58.2 Å². The molecule has 2 heteroatoms. The van der Waals surface area contributed by atoms with Crippen molar-refractivity contribution in [1.82, 2.24) is 0 Å². The van der Waals surface area contributed by atoms with Crippen LogP contribution >= 0.6 is 0 Å². The van der Waals surface area contributed by atoms with E-state index in [1.807, 2.05) is 13.8 Å². The second kappa shape index (κ2) is 6.20. The minimum atomic E-state index is -0.318. The lowest BCUT2D eigenvalue weighted by molar-refractivity contribution is 0.00584. The van der Waals surface area contributed by atoms with Crippen LogP contribution in [-0.2, 0) is 4.74 Å². The molecule has 0 amide bonds. The Bertz CT molecular complexity index is 185. The number of rotatable bonds is 5. The van der Waals surface area contributed by atoms with Crippen LogP contribution in [0.4, 0.5) is 0 Å². The predicted octanol–water partition coefficient (Wildman–Crippen LogP) is 2.66. The standard InChI is InChI=1S/C12H22O2/c1-10(2)14-9-12(13)8-11-6-4-3-5-7-11/h6,10,12-13H,3-5,7-9H2,1-2H3. The second-order valence-electron chi connectivity index (χ2n) is 4.35. The Morgan fingerprint density at radius 2 is 2.21 bits per heavy atom. The zero-order valence-electron chi connectivity index (χ0n) is 9.33. The summed E-state index contributed by atoms with van der Waals surface area (Å²) in [6.45, 7) is 4.45. The van der Waals surface area contributed by atoms with E-state index < -0.39 is 0 Å². The fourth-order valence-electron chi connectivity index (χ4n) is 1.76. The highest BCUT2D eigenvalue weighted by Crippen LogP contribution is 2.21. The van der Waals surface area contributed by atoms with E-state index in [-0.39, 0.29) is 12.2 Å². The summed E-state index contributed by atoms with van der Waals surface area (Å²) >= 11 is 0. The van der Waals surface area contributed by atoms with E-state index in [4.69, 9.17) is 4.74 Å². The summed E-state index contributed by atoms with van der Waals surface area (Å²) in [6, 6.07) is 0. The zero-order valence-corrected chi connectivity index (χ0v) is 9.33. The van der Waals surface area contributed by atoms with Crippen LogP contribution in [-0.4, -0.2) is 23.9 Å². The summed E-state index contributed by atoms with van der Waals surface area (Å²) in [6.07, 6.45) is 7.92. The highest BCUT2D eigenvalue weighted by atomic mass is 16.5. The van der Waals surface area contributed by atoms with Crippen molar-refractivity contribution in [2.24, 2.45) is 0 Å². The van der Waals surface area contributed by atoms with Crippen molar-refractivity contribution in [3.63, 3.8) is 0 Å². The van der Waals surface area contributed by atoms with Gasteiger partial charge in [-0.2, -0.15) is 0 Å². The minimum Gasteiger partial charge on any atom is -0.390 e. The minimum absolute atomic E-state index is 0.213. The van der Waals surface area contributed by atoms with Crippen molar-refractivity contribution in [3.05, 3.63) is 11.6 Å². The largest absolute Gasteiger partial charge is 0.390 e. The number of aliphatic hydroxyl groups excluding tert-OH is 1. The summed E-state index contributed by atoms with van der Waals surface area (Å²) in [7, 11) is 0. The number of hydrogen-bond acceptors (Lipinski definition) is 2. The van der Waals surface area contributed by atoms with Gasteiger partial charge in [0.15, 0.2) is 0 Å². The topological polar surface area (TPSA) is 29.5 Å². The van der Waals surface area contributed by atoms with E-state index in [0.717, 1.165) is 6.42 Å². The molecule has 0 bridgehead atoms. The van der Waals surface area contributed by atoms with Crippen LogP contribution < -0.4 is 0 Å². The molecule has 1 rings (SSSR count). The molecular weight excluding hydrogens is 176 g/mol. The van der Waals surface area contributed by atoms with Crippen LogP contribution in [0.2, 0.25) is 0 Å². The summed E-state index contributed by atoms with van der Waals surface area (Å²) in [4.78, 5) is 0. The third kappa shape index (κ3) is 4.77. The lowest BCUT2D eigenvalue weighted by atomic mass is 9.95. The normalized spacial score (nSPS) is 19.6. The lowest BCUT2D eigenvalue weighted by Crippen LogP contribution is -2.19. The molecule has 0 aliphatic heterocycles. The molecule has 0 aromatic carbocycles. The van der Waals surface area contributed by atoms with Gasteiger partial charge in [-0.25, -0.2) is 0 Å². The maximum absolute atomic E-state index is 9.68. The zero-order chi connectivity index (χ0) is 10.4. The van der Waals surface area contributed by atoms with Crippen LogP contribution in [0.3, 0.4) is 0 Å². The van der Waals surface area contributed by atoms with E-state index in [0.29, 0.717) is 6.61 Å². The van der Waals surface area contributed by atoms with Crippen LogP contribution in [0.5, 0.6) is 0 Å². The molecule has 0 aromatic heterocycles. The van der Waals surface area contributed by atoms with Crippen LogP contribution in [0.25, 0.3) is 0 Å². The number of allylic oxidation sites excluding steroid dienone is 1. The molecule has 0 aromatic rings. The van der Waals surface area contributed by atoms with Crippen LogP contribution in [0, 0.1) is 0 Å². The van der Waals surface area contributed by atoms with E-state index in [2.05, 4.69) is 6.08 Å². The quantitative estimate of drug-likeness (QED) is 0.688. The first-order valence-electron chi connectivity index (χ1n) is 5.66. The summed E-state index contributed by atoms with van der Waals surface area (Å²) < 4.78 is 5.37. The Hall–Kier alpha value is -0.340. The van der Waals surface area contributed by atoms with Crippen molar-refractivity contribution in [1.29, 1.82) is 0 Å². The molecule has 1 unspecified atom stereocenters. The Labute approximate surface area is 87.0 Å². The van der Waals surface area contributed by atoms with E-state index in [1.165, 1.54) is 31.3 Å².